The molecule has 114 valence electrons. The molecular weight excluding hydrogens is 296 g/mol. The summed E-state index contributed by atoms with van der Waals surface area (Å²) in [5.41, 5.74) is 1.97. The molecule has 0 amide bonds. The third-order valence-electron chi connectivity index (χ3n) is 3.82. The van der Waals surface area contributed by atoms with Crippen molar-refractivity contribution in [2.75, 3.05) is 11.9 Å². The van der Waals surface area contributed by atoms with Crippen molar-refractivity contribution in [2.24, 2.45) is 0 Å². The lowest BCUT2D eigenvalue weighted by atomic mass is 10.3. The highest BCUT2D eigenvalue weighted by atomic mass is 32.1. The highest BCUT2D eigenvalue weighted by molar-refractivity contribution is 7.09. The van der Waals surface area contributed by atoms with E-state index in [1.54, 1.807) is 11.3 Å². The van der Waals surface area contributed by atoms with Gasteiger partial charge in [-0.15, -0.1) is 26.6 Å². The molecule has 6 nitrogen and oxygen atoms in total. The summed E-state index contributed by atoms with van der Waals surface area (Å²) >= 11 is 1.74. The van der Waals surface area contributed by atoms with Gasteiger partial charge in [0.15, 0.2) is 11.5 Å². The van der Waals surface area contributed by atoms with Crippen molar-refractivity contribution in [3.63, 3.8) is 0 Å². The second kappa shape index (κ2) is 5.64. The molecule has 3 heterocycles. The summed E-state index contributed by atoms with van der Waals surface area (Å²) in [6.07, 6.45) is 4.31. The summed E-state index contributed by atoms with van der Waals surface area (Å²) in [6.45, 7) is 2.96. The van der Waals surface area contributed by atoms with Crippen molar-refractivity contribution >= 4 is 22.8 Å². The Hall–Kier alpha value is -2.02. The molecule has 0 aliphatic heterocycles. The van der Waals surface area contributed by atoms with E-state index in [1.807, 2.05) is 16.6 Å². The first kappa shape index (κ1) is 13.6. The number of aromatic nitrogens is 5. The predicted molar refractivity (Wildman–Crippen MR) is 86.4 cm³/mol. The van der Waals surface area contributed by atoms with Gasteiger partial charge in [-0.3, -0.25) is 0 Å². The van der Waals surface area contributed by atoms with Gasteiger partial charge in [0.05, 0.1) is 10.7 Å². The number of hydrogen-bond acceptors (Lipinski definition) is 6. The van der Waals surface area contributed by atoms with Crippen molar-refractivity contribution in [3.05, 3.63) is 34.0 Å². The van der Waals surface area contributed by atoms with E-state index in [0.717, 1.165) is 42.4 Å². The van der Waals surface area contributed by atoms with E-state index < -0.39 is 0 Å². The Morgan fingerprint density at radius 2 is 2.23 bits per heavy atom. The molecule has 7 heteroatoms. The monoisotopic (exact) mass is 314 g/mol. The van der Waals surface area contributed by atoms with Crippen LogP contribution in [0.5, 0.6) is 0 Å². The number of thiazole rings is 1. The molecular formula is C15H18N6S. The molecule has 1 aliphatic rings. The predicted octanol–water partition coefficient (Wildman–Crippen LogP) is 2.68. The molecule has 1 fully saturated rings. The van der Waals surface area contributed by atoms with E-state index in [4.69, 9.17) is 0 Å². The number of nitrogens with one attached hydrogen (secondary N) is 1. The smallest absolute Gasteiger partial charge is 0.178 e. The lowest BCUT2D eigenvalue weighted by molar-refractivity contribution is 0.812. The lowest BCUT2D eigenvalue weighted by Crippen LogP contribution is -2.09. The molecule has 0 radical (unpaired) electrons. The number of aryl methyl sites for hydroxylation is 1. The maximum Gasteiger partial charge on any atom is 0.178 e. The summed E-state index contributed by atoms with van der Waals surface area (Å²) in [4.78, 5) is 4.58. The molecule has 0 aromatic carbocycles. The van der Waals surface area contributed by atoms with Crippen LogP contribution in [0.25, 0.3) is 5.65 Å². The molecule has 1 aliphatic carbocycles. The first-order valence-electron chi connectivity index (χ1n) is 7.73. The molecule has 0 bridgehead atoms. The Morgan fingerprint density at radius 3 is 3.00 bits per heavy atom. The summed E-state index contributed by atoms with van der Waals surface area (Å²) < 4.78 is 1.87. The van der Waals surface area contributed by atoms with Crippen LogP contribution >= 0.6 is 11.3 Å². The van der Waals surface area contributed by atoms with Crippen molar-refractivity contribution in [2.45, 2.75) is 38.5 Å². The fourth-order valence-electron chi connectivity index (χ4n) is 2.44. The third-order valence-corrected chi connectivity index (χ3v) is 4.86. The Bertz CT molecular complexity index is 788. The number of fused-ring (bicyclic) bond motifs is 1. The average molecular weight is 314 g/mol. The van der Waals surface area contributed by atoms with Crippen LogP contribution in [-0.4, -0.2) is 31.3 Å². The van der Waals surface area contributed by atoms with Crippen LogP contribution in [-0.2, 0) is 12.8 Å². The van der Waals surface area contributed by atoms with Crippen LogP contribution < -0.4 is 5.32 Å². The maximum atomic E-state index is 4.61. The van der Waals surface area contributed by atoms with Gasteiger partial charge in [0, 0.05) is 24.3 Å². The molecule has 1 N–H and O–H groups in total. The quantitative estimate of drug-likeness (QED) is 0.757. The highest BCUT2D eigenvalue weighted by Crippen LogP contribution is 2.38. The zero-order chi connectivity index (χ0) is 14.9. The van der Waals surface area contributed by atoms with Gasteiger partial charge in [0.25, 0.3) is 0 Å². The van der Waals surface area contributed by atoms with Crippen LogP contribution in [0.4, 0.5) is 5.82 Å². The van der Waals surface area contributed by atoms with Gasteiger partial charge in [-0.1, -0.05) is 6.92 Å². The van der Waals surface area contributed by atoms with Crippen molar-refractivity contribution < 1.29 is 0 Å². The first-order chi connectivity index (χ1) is 10.8. The number of rotatable bonds is 6. The third kappa shape index (κ3) is 2.68. The minimum atomic E-state index is 0.542. The Morgan fingerprint density at radius 1 is 1.32 bits per heavy atom. The number of nitrogens with zero attached hydrogens (tertiary/aromatic N) is 5. The van der Waals surface area contributed by atoms with Gasteiger partial charge >= 0.3 is 0 Å². The van der Waals surface area contributed by atoms with Gasteiger partial charge in [0.1, 0.15) is 5.82 Å². The van der Waals surface area contributed by atoms with Crippen LogP contribution in [0.3, 0.4) is 0 Å². The van der Waals surface area contributed by atoms with Gasteiger partial charge in [0.2, 0.25) is 0 Å². The standard InChI is InChI=1S/C15H18N6S/c1-2-14-17-11(9-22-14)7-8-16-12-5-6-13-18-19-15(10-3-4-10)21(13)20-12/h5-6,9-10H,2-4,7-8H2,1H3,(H,16,20). The first-order valence-corrected chi connectivity index (χ1v) is 8.61. The van der Waals surface area contributed by atoms with E-state index in [2.05, 4.69) is 37.9 Å². The molecule has 0 atom stereocenters. The van der Waals surface area contributed by atoms with Gasteiger partial charge in [-0.25, -0.2) is 4.98 Å². The molecule has 0 unspecified atom stereocenters. The van der Waals surface area contributed by atoms with Gasteiger partial charge in [-0.2, -0.15) is 4.52 Å². The van der Waals surface area contributed by atoms with E-state index >= 15 is 0 Å². The zero-order valence-electron chi connectivity index (χ0n) is 12.5. The fraction of sp³-hybridized carbons (Fsp3) is 0.467. The van der Waals surface area contributed by atoms with E-state index in [1.165, 1.54) is 17.8 Å². The molecule has 0 spiro atoms. The highest BCUT2D eigenvalue weighted by Gasteiger charge is 2.29. The molecule has 3 aromatic heterocycles. The summed E-state index contributed by atoms with van der Waals surface area (Å²) in [5.74, 6) is 2.39. The van der Waals surface area contributed by atoms with Crippen LogP contribution in [0.2, 0.25) is 0 Å². The van der Waals surface area contributed by atoms with Crippen molar-refractivity contribution in [1.29, 1.82) is 0 Å². The maximum absolute atomic E-state index is 4.61. The minimum absolute atomic E-state index is 0.542. The van der Waals surface area contributed by atoms with Gasteiger partial charge in [-0.05, 0) is 31.4 Å². The molecule has 3 aromatic rings. The molecule has 0 saturated heterocycles. The second-order valence-corrected chi connectivity index (χ2v) is 6.53. The lowest BCUT2D eigenvalue weighted by Gasteiger charge is -2.05. The molecule has 22 heavy (non-hydrogen) atoms. The Kier molecular flexibility index (Phi) is 3.49. The Balaban J connectivity index is 1.43. The average Bonchev–Trinajstić information content (AvgIpc) is 3.13. The SMILES string of the molecule is CCc1nc(CCNc2ccc3nnc(C4CC4)n3n2)cs1. The summed E-state index contributed by atoms with van der Waals surface area (Å²) in [6, 6.07) is 3.92. The zero-order valence-corrected chi connectivity index (χ0v) is 13.3. The van der Waals surface area contributed by atoms with Crippen molar-refractivity contribution in [3.8, 4) is 0 Å². The van der Waals surface area contributed by atoms with Crippen LogP contribution in [0.15, 0.2) is 17.5 Å². The van der Waals surface area contributed by atoms with E-state index in [-0.39, 0.29) is 0 Å². The largest absolute Gasteiger partial charge is 0.368 e. The van der Waals surface area contributed by atoms with E-state index in [9.17, 15) is 0 Å². The van der Waals surface area contributed by atoms with Crippen molar-refractivity contribution in [1.82, 2.24) is 24.8 Å². The van der Waals surface area contributed by atoms with E-state index in [0.29, 0.717) is 5.92 Å². The number of hydrogen-bond donors (Lipinski definition) is 1. The molecule has 1 saturated carbocycles. The summed E-state index contributed by atoms with van der Waals surface area (Å²) in [7, 11) is 0. The molecule has 4 rings (SSSR count). The summed E-state index contributed by atoms with van der Waals surface area (Å²) in [5, 5.41) is 19.7. The number of anilines is 1. The van der Waals surface area contributed by atoms with Crippen LogP contribution in [0.1, 0.15) is 42.2 Å². The Labute approximate surface area is 132 Å². The van der Waals surface area contributed by atoms with Gasteiger partial charge < -0.3 is 5.32 Å². The topological polar surface area (TPSA) is 68.0 Å². The second-order valence-electron chi connectivity index (χ2n) is 5.58. The fourth-order valence-corrected chi connectivity index (χ4v) is 3.22. The van der Waals surface area contributed by atoms with Crippen LogP contribution in [0, 0.1) is 0 Å². The minimum Gasteiger partial charge on any atom is -0.368 e. The normalized spacial score (nSPS) is 14.6.